The molecule has 38 heavy (non-hydrogen) atoms. The fourth-order valence-corrected chi connectivity index (χ4v) is 6.06. The molecule has 1 aliphatic heterocycles. The molecule has 0 radical (unpaired) electrons. The zero-order valence-electron chi connectivity index (χ0n) is 20.9. The van der Waals surface area contributed by atoms with Crippen LogP contribution in [0.2, 0.25) is 0 Å². The number of carbonyl (C=O) groups excluding carboxylic acids is 2. The Hall–Kier alpha value is -4.02. The van der Waals surface area contributed by atoms with Crippen LogP contribution in [0.1, 0.15) is 47.8 Å². The topological polar surface area (TPSA) is 100 Å². The van der Waals surface area contributed by atoms with Crippen molar-refractivity contribution in [3.63, 3.8) is 0 Å². The van der Waals surface area contributed by atoms with Crippen molar-refractivity contribution in [1.82, 2.24) is 4.57 Å². The number of aromatic nitrogens is 1. The predicted octanol–water partition coefficient (Wildman–Crippen LogP) is 4.30. The molecule has 4 aromatic rings. The third kappa shape index (κ3) is 4.80. The number of ether oxygens (including phenoxy) is 2. The van der Waals surface area contributed by atoms with Crippen molar-refractivity contribution < 1.29 is 23.5 Å². The summed E-state index contributed by atoms with van der Waals surface area (Å²) in [5.41, 5.74) is 1.87. The van der Waals surface area contributed by atoms with Crippen LogP contribution in [0.4, 0.5) is 0 Å². The Morgan fingerprint density at radius 2 is 1.79 bits per heavy atom. The van der Waals surface area contributed by atoms with E-state index in [0.29, 0.717) is 44.3 Å². The average Bonchev–Trinajstić information content (AvgIpc) is 3.66. The zero-order chi connectivity index (χ0) is 26.8. The third-order valence-electron chi connectivity index (χ3n) is 5.91. The van der Waals surface area contributed by atoms with E-state index in [1.165, 1.54) is 22.7 Å². The molecule has 1 atom stereocenters. The summed E-state index contributed by atoms with van der Waals surface area (Å²) >= 11 is 2.70. The molecule has 0 saturated heterocycles. The highest BCUT2D eigenvalue weighted by Gasteiger charge is 2.33. The maximum absolute atomic E-state index is 13.6. The first kappa shape index (κ1) is 25.6. The van der Waals surface area contributed by atoms with Crippen LogP contribution in [0.15, 0.2) is 79.4 Å². The molecule has 194 valence electrons. The summed E-state index contributed by atoms with van der Waals surface area (Å²) in [5, 5.41) is 1.91. The Labute approximate surface area is 225 Å². The summed E-state index contributed by atoms with van der Waals surface area (Å²) in [6.07, 6.45) is 1.68. The van der Waals surface area contributed by atoms with Crippen molar-refractivity contribution in [2.45, 2.75) is 26.8 Å². The molecule has 0 amide bonds. The van der Waals surface area contributed by atoms with Gasteiger partial charge in [0.15, 0.2) is 4.80 Å². The normalized spacial score (nSPS) is 15.2. The van der Waals surface area contributed by atoms with Crippen LogP contribution in [0, 0.1) is 0 Å². The Kier molecular flexibility index (Phi) is 7.26. The van der Waals surface area contributed by atoms with Crippen LogP contribution in [0.5, 0.6) is 0 Å². The lowest BCUT2D eigenvalue weighted by atomic mass is 10.0. The van der Waals surface area contributed by atoms with E-state index in [4.69, 9.17) is 13.9 Å². The van der Waals surface area contributed by atoms with Gasteiger partial charge in [0, 0.05) is 16.5 Å². The number of allylic oxidation sites excluding steroid dienone is 1. The average molecular weight is 549 g/mol. The maximum Gasteiger partial charge on any atom is 0.338 e. The van der Waals surface area contributed by atoms with Gasteiger partial charge in [-0.2, -0.15) is 0 Å². The van der Waals surface area contributed by atoms with E-state index in [9.17, 15) is 14.4 Å². The molecule has 0 spiro atoms. The van der Waals surface area contributed by atoms with Crippen LogP contribution >= 0.6 is 22.7 Å². The Bertz CT molecular complexity index is 1710. The summed E-state index contributed by atoms with van der Waals surface area (Å²) in [6.45, 7) is 5.80. The van der Waals surface area contributed by atoms with Gasteiger partial charge in [0.25, 0.3) is 5.56 Å². The molecule has 10 heteroatoms. The van der Waals surface area contributed by atoms with Crippen molar-refractivity contribution in [1.29, 1.82) is 0 Å². The Balaban J connectivity index is 1.52. The highest BCUT2D eigenvalue weighted by Crippen LogP contribution is 2.33. The number of carbonyl (C=O) groups is 2. The van der Waals surface area contributed by atoms with Gasteiger partial charge in [0.2, 0.25) is 0 Å². The first-order valence-electron chi connectivity index (χ1n) is 12.0. The quantitative estimate of drug-likeness (QED) is 0.320. The first-order chi connectivity index (χ1) is 18.4. The molecule has 0 aliphatic carbocycles. The van der Waals surface area contributed by atoms with Gasteiger partial charge in [-0.1, -0.05) is 29.5 Å². The maximum atomic E-state index is 13.6. The molecule has 4 heterocycles. The van der Waals surface area contributed by atoms with E-state index < -0.39 is 12.0 Å². The SMILES string of the molecule is CCOC(=O)C1=C(C)N=c2s/c(=C\c3ccc(-c4ccc(C(=O)OCC)cc4)o3)c(=O)n2[C@@H]1c1cccs1. The van der Waals surface area contributed by atoms with Crippen molar-refractivity contribution in [2.24, 2.45) is 4.99 Å². The van der Waals surface area contributed by atoms with Gasteiger partial charge in [-0.25, -0.2) is 14.6 Å². The van der Waals surface area contributed by atoms with E-state index in [-0.39, 0.29) is 18.1 Å². The van der Waals surface area contributed by atoms with E-state index in [0.717, 1.165) is 10.4 Å². The van der Waals surface area contributed by atoms with Gasteiger partial charge in [0.1, 0.15) is 17.6 Å². The second-order valence-electron chi connectivity index (χ2n) is 8.32. The van der Waals surface area contributed by atoms with Crippen LogP contribution in [0.25, 0.3) is 17.4 Å². The monoisotopic (exact) mass is 548 g/mol. The number of benzene rings is 1. The van der Waals surface area contributed by atoms with E-state index in [1.54, 1.807) is 67.8 Å². The van der Waals surface area contributed by atoms with Gasteiger partial charge in [-0.3, -0.25) is 9.36 Å². The molecule has 0 unspecified atom stereocenters. The van der Waals surface area contributed by atoms with Gasteiger partial charge in [0.05, 0.1) is 34.6 Å². The minimum Gasteiger partial charge on any atom is -0.463 e. The van der Waals surface area contributed by atoms with Crippen LogP contribution in [-0.4, -0.2) is 29.7 Å². The lowest BCUT2D eigenvalue weighted by molar-refractivity contribution is -0.139. The molecule has 1 aliphatic rings. The lowest BCUT2D eigenvalue weighted by Crippen LogP contribution is -2.39. The molecule has 5 rings (SSSR count). The highest BCUT2D eigenvalue weighted by atomic mass is 32.1. The number of furan rings is 1. The molecule has 0 saturated carbocycles. The summed E-state index contributed by atoms with van der Waals surface area (Å²) in [7, 11) is 0. The number of thiazole rings is 1. The Morgan fingerprint density at radius 3 is 2.47 bits per heavy atom. The number of rotatable bonds is 7. The summed E-state index contributed by atoms with van der Waals surface area (Å²) in [4.78, 5) is 44.3. The van der Waals surface area contributed by atoms with Crippen LogP contribution in [-0.2, 0) is 14.3 Å². The largest absolute Gasteiger partial charge is 0.463 e. The molecular formula is C28H24N2O6S2. The Morgan fingerprint density at radius 1 is 1.05 bits per heavy atom. The molecule has 0 fully saturated rings. The van der Waals surface area contributed by atoms with Gasteiger partial charge >= 0.3 is 11.9 Å². The van der Waals surface area contributed by atoms with Gasteiger partial charge in [-0.05, 0) is 56.5 Å². The van der Waals surface area contributed by atoms with Crippen molar-refractivity contribution >= 4 is 40.7 Å². The number of fused-ring (bicyclic) bond motifs is 1. The third-order valence-corrected chi connectivity index (χ3v) is 7.82. The minimum absolute atomic E-state index is 0.226. The second-order valence-corrected chi connectivity index (χ2v) is 10.3. The summed E-state index contributed by atoms with van der Waals surface area (Å²) in [5.74, 6) is 0.230. The number of nitrogens with zero attached hydrogens (tertiary/aromatic N) is 2. The lowest BCUT2D eigenvalue weighted by Gasteiger charge is -2.23. The second kappa shape index (κ2) is 10.8. The molecule has 0 bridgehead atoms. The molecule has 3 aromatic heterocycles. The van der Waals surface area contributed by atoms with Crippen LogP contribution in [0.3, 0.4) is 0 Å². The standard InChI is InChI=1S/C28H24N2O6S2/c1-4-34-26(32)18-10-8-17(9-11-18)20-13-12-19(36-20)15-22-25(31)30-24(21-7-6-14-37-21)23(27(33)35-5-2)16(3)29-28(30)38-22/h6-15,24H,4-5H2,1-3H3/b22-15-/t24-/m1/s1. The van der Waals surface area contributed by atoms with Crippen molar-refractivity contribution in [3.05, 3.63) is 101 Å². The summed E-state index contributed by atoms with van der Waals surface area (Å²) < 4.78 is 18.3. The van der Waals surface area contributed by atoms with Crippen molar-refractivity contribution in [2.75, 3.05) is 13.2 Å². The fraction of sp³-hybridized carbons (Fsp3) is 0.214. The smallest absolute Gasteiger partial charge is 0.338 e. The van der Waals surface area contributed by atoms with Gasteiger partial charge in [-0.15, -0.1) is 11.3 Å². The molecule has 0 N–H and O–H groups in total. The zero-order valence-corrected chi connectivity index (χ0v) is 22.6. The number of hydrogen-bond donors (Lipinski definition) is 0. The van der Waals surface area contributed by atoms with E-state index in [2.05, 4.69) is 4.99 Å². The summed E-state index contributed by atoms with van der Waals surface area (Å²) in [6, 6.07) is 13.7. The van der Waals surface area contributed by atoms with E-state index in [1.807, 2.05) is 17.5 Å². The van der Waals surface area contributed by atoms with Gasteiger partial charge < -0.3 is 13.9 Å². The predicted molar refractivity (Wildman–Crippen MR) is 145 cm³/mol. The first-order valence-corrected chi connectivity index (χ1v) is 13.7. The number of thiophene rings is 1. The van der Waals surface area contributed by atoms with Crippen molar-refractivity contribution in [3.8, 4) is 11.3 Å². The van der Waals surface area contributed by atoms with E-state index >= 15 is 0 Å². The molecule has 8 nitrogen and oxygen atoms in total. The fourth-order valence-electron chi connectivity index (χ4n) is 4.21. The number of hydrogen-bond acceptors (Lipinski definition) is 9. The van der Waals surface area contributed by atoms with Crippen LogP contribution < -0.4 is 14.9 Å². The molecular weight excluding hydrogens is 524 g/mol. The molecule has 1 aromatic carbocycles. The highest BCUT2D eigenvalue weighted by molar-refractivity contribution is 7.10. The minimum atomic E-state index is -0.613. The number of esters is 2.